The Morgan fingerprint density at radius 2 is 2.12 bits per heavy atom. The second kappa shape index (κ2) is 6.40. The second-order valence-corrected chi connectivity index (χ2v) is 4.40. The lowest BCUT2D eigenvalue weighted by Gasteiger charge is -2.17. The normalized spacial score (nSPS) is 12.2. The van der Waals surface area contributed by atoms with Crippen molar-refractivity contribution in [1.82, 2.24) is 5.32 Å². The Balaban J connectivity index is 2.79. The third-order valence-corrected chi connectivity index (χ3v) is 3.19. The molecule has 94 valence electrons. The van der Waals surface area contributed by atoms with E-state index < -0.39 is 0 Å². The summed E-state index contributed by atoms with van der Waals surface area (Å²) >= 11 is 0. The molecule has 0 heterocycles. The van der Waals surface area contributed by atoms with Crippen molar-refractivity contribution in [3.8, 4) is 0 Å². The zero-order chi connectivity index (χ0) is 12.8. The standard InChI is InChI=1S/C14H22N2O/c1-4-12(8-9-15)16-14(17)13-7-5-6-10(2)11(13)3/h5-7,12H,4,8-9,15H2,1-3H3,(H,16,17). The van der Waals surface area contributed by atoms with Crippen LogP contribution in [0.4, 0.5) is 0 Å². The number of carbonyl (C=O) groups excluding carboxylic acids is 1. The quantitative estimate of drug-likeness (QED) is 0.820. The molecule has 1 aromatic carbocycles. The van der Waals surface area contributed by atoms with Gasteiger partial charge in [-0.2, -0.15) is 0 Å². The zero-order valence-corrected chi connectivity index (χ0v) is 10.9. The van der Waals surface area contributed by atoms with Crippen LogP contribution in [-0.2, 0) is 0 Å². The molecule has 0 saturated heterocycles. The van der Waals surface area contributed by atoms with Crippen LogP contribution in [-0.4, -0.2) is 18.5 Å². The monoisotopic (exact) mass is 234 g/mol. The van der Waals surface area contributed by atoms with Gasteiger partial charge in [0.1, 0.15) is 0 Å². The van der Waals surface area contributed by atoms with Crippen molar-refractivity contribution in [2.24, 2.45) is 5.73 Å². The summed E-state index contributed by atoms with van der Waals surface area (Å²) in [5.41, 5.74) is 8.48. The predicted octanol–water partition coefficient (Wildman–Crippen LogP) is 2.16. The van der Waals surface area contributed by atoms with E-state index in [2.05, 4.69) is 12.2 Å². The third-order valence-electron chi connectivity index (χ3n) is 3.19. The fraction of sp³-hybridized carbons (Fsp3) is 0.500. The molecule has 0 saturated carbocycles. The van der Waals surface area contributed by atoms with Gasteiger partial charge < -0.3 is 11.1 Å². The van der Waals surface area contributed by atoms with Crippen molar-refractivity contribution in [2.75, 3.05) is 6.54 Å². The van der Waals surface area contributed by atoms with Crippen molar-refractivity contribution in [2.45, 2.75) is 39.7 Å². The Morgan fingerprint density at radius 1 is 1.41 bits per heavy atom. The first-order chi connectivity index (χ1) is 8.10. The fourth-order valence-electron chi connectivity index (χ4n) is 1.84. The van der Waals surface area contributed by atoms with E-state index >= 15 is 0 Å². The molecule has 0 aliphatic carbocycles. The lowest BCUT2D eigenvalue weighted by Crippen LogP contribution is -2.36. The van der Waals surface area contributed by atoms with E-state index in [-0.39, 0.29) is 11.9 Å². The number of carbonyl (C=O) groups is 1. The van der Waals surface area contributed by atoms with Gasteiger partial charge in [-0.3, -0.25) is 4.79 Å². The highest BCUT2D eigenvalue weighted by Gasteiger charge is 2.13. The summed E-state index contributed by atoms with van der Waals surface area (Å²) in [5, 5.41) is 3.03. The van der Waals surface area contributed by atoms with Gasteiger partial charge in [-0.1, -0.05) is 19.1 Å². The van der Waals surface area contributed by atoms with Crippen LogP contribution in [0, 0.1) is 13.8 Å². The molecular formula is C14H22N2O. The topological polar surface area (TPSA) is 55.1 Å². The number of aryl methyl sites for hydroxylation is 1. The Labute approximate surface area is 103 Å². The van der Waals surface area contributed by atoms with Crippen LogP contribution in [0.15, 0.2) is 18.2 Å². The van der Waals surface area contributed by atoms with E-state index in [1.165, 1.54) is 0 Å². The van der Waals surface area contributed by atoms with Gasteiger partial charge in [-0.25, -0.2) is 0 Å². The van der Waals surface area contributed by atoms with E-state index in [0.717, 1.165) is 29.5 Å². The average molecular weight is 234 g/mol. The smallest absolute Gasteiger partial charge is 0.251 e. The van der Waals surface area contributed by atoms with E-state index in [9.17, 15) is 4.79 Å². The average Bonchev–Trinajstić information content (AvgIpc) is 2.31. The minimum atomic E-state index is 0.00602. The summed E-state index contributed by atoms with van der Waals surface area (Å²) in [5.74, 6) is 0.00602. The molecule has 0 aromatic heterocycles. The van der Waals surface area contributed by atoms with E-state index in [1.54, 1.807) is 0 Å². The first-order valence-electron chi connectivity index (χ1n) is 6.17. The molecule has 1 rings (SSSR count). The van der Waals surface area contributed by atoms with Gasteiger partial charge in [0.15, 0.2) is 0 Å². The molecule has 0 spiro atoms. The summed E-state index contributed by atoms with van der Waals surface area (Å²) in [6.45, 7) is 6.66. The molecule has 1 atom stereocenters. The maximum Gasteiger partial charge on any atom is 0.251 e. The first-order valence-corrected chi connectivity index (χ1v) is 6.17. The summed E-state index contributed by atoms with van der Waals surface area (Å²) in [4.78, 5) is 12.1. The maximum atomic E-state index is 12.1. The van der Waals surface area contributed by atoms with E-state index in [1.807, 2.05) is 32.0 Å². The molecular weight excluding hydrogens is 212 g/mol. The number of nitrogens with two attached hydrogens (primary N) is 1. The number of benzene rings is 1. The molecule has 0 bridgehead atoms. The first kappa shape index (κ1) is 13.7. The minimum Gasteiger partial charge on any atom is -0.349 e. The van der Waals surface area contributed by atoms with Crippen LogP contribution in [0.3, 0.4) is 0 Å². The summed E-state index contributed by atoms with van der Waals surface area (Å²) in [6, 6.07) is 5.98. The van der Waals surface area contributed by atoms with Crippen LogP contribution in [0.25, 0.3) is 0 Å². The van der Waals surface area contributed by atoms with Gasteiger partial charge in [0.25, 0.3) is 5.91 Å². The van der Waals surface area contributed by atoms with Crippen LogP contribution in [0.2, 0.25) is 0 Å². The molecule has 0 fully saturated rings. The van der Waals surface area contributed by atoms with Gasteiger partial charge in [-0.15, -0.1) is 0 Å². The highest BCUT2D eigenvalue weighted by atomic mass is 16.1. The molecule has 3 nitrogen and oxygen atoms in total. The Bertz CT molecular complexity index is 388. The van der Waals surface area contributed by atoms with Crippen molar-refractivity contribution < 1.29 is 4.79 Å². The molecule has 3 N–H and O–H groups in total. The molecule has 1 aromatic rings. The molecule has 1 amide bonds. The lowest BCUT2D eigenvalue weighted by atomic mass is 10.0. The van der Waals surface area contributed by atoms with Gasteiger partial charge >= 0.3 is 0 Å². The van der Waals surface area contributed by atoms with Crippen molar-refractivity contribution in [3.05, 3.63) is 34.9 Å². The molecule has 0 radical (unpaired) electrons. The number of rotatable bonds is 5. The number of hydrogen-bond donors (Lipinski definition) is 2. The highest BCUT2D eigenvalue weighted by Crippen LogP contribution is 2.13. The summed E-state index contributed by atoms with van der Waals surface area (Å²) < 4.78 is 0. The van der Waals surface area contributed by atoms with Crippen LogP contribution < -0.4 is 11.1 Å². The van der Waals surface area contributed by atoms with E-state index in [0.29, 0.717) is 6.54 Å². The molecule has 1 unspecified atom stereocenters. The Hall–Kier alpha value is -1.35. The minimum absolute atomic E-state index is 0.00602. The van der Waals surface area contributed by atoms with Crippen LogP contribution >= 0.6 is 0 Å². The van der Waals surface area contributed by atoms with E-state index in [4.69, 9.17) is 5.73 Å². The highest BCUT2D eigenvalue weighted by molar-refractivity contribution is 5.96. The molecule has 0 aliphatic heterocycles. The van der Waals surface area contributed by atoms with Crippen LogP contribution in [0.1, 0.15) is 41.3 Å². The maximum absolute atomic E-state index is 12.1. The number of hydrogen-bond acceptors (Lipinski definition) is 2. The van der Waals surface area contributed by atoms with Crippen molar-refractivity contribution in [3.63, 3.8) is 0 Å². The summed E-state index contributed by atoms with van der Waals surface area (Å²) in [6.07, 6.45) is 1.74. The van der Waals surface area contributed by atoms with Crippen molar-refractivity contribution in [1.29, 1.82) is 0 Å². The van der Waals surface area contributed by atoms with Gasteiger partial charge in [0, 0.05) is 11.6 Å². The SMILES string of the molecule is CCC(CCN)NC(=O)c1cccc(C)c1C. The summed E-state index contributed by atoms with van der Waals surface area (Å²) in [7, 11) is 0. The Kier molecular flexibility index (Phi) is 5.16. The lowest BCUT2D eigenvalue weighted by molar-refractivity contribution is 0.0933. The van der Waals surface area contributed by atoms with Crippen molar-refractivity contribution >= 4 is 5.91 Å². The molecule has 17 heavy (non-hydrogen) atoms. The van der Waals surface area contributed by atoms with Crippen LogP contribution in [0.5, 0.6) is 0 Å². The second-order valence-electron chi connectivity index (χ2n) is 4.40. The fourth-order valence-corrected chi connectivity index (χ4v) is 1.84. The zero-order valence-electron chi connectivity index (χ0n) is 10.9. The van der Waals surface area contributed by atoms with Gasteiger partial charge in [-0.05, 0) is 50.4 Å². The van der Waals surface area contributed by atoms with Gasteiger partial charge in [0.2, 0.25) is 0 Å². The molecule has 0 aliphatic rings. The number of amides is 1. The Morgan fingerprint density at radius 3 is 2.71 bits per heavy atom. The number of nitrogens with one attached hydrogen (secondary N) is 1. The third kappa shape index (κ3) is 3.56. The molecule has 3 heteroatoms. The largest absolute Gasteiger partial charge is 0.349 e. The predicted molar refractivity (Wildman–Crippen MR) is 71.1 cm³/mol. The van der Waals surface area contributed by atoms with Gasteiger partial charge in [0.05, 0.1) is 0 Å².